The van der Waals surface area contributed by atoms with Gasteiger partial charge in [-0.3, -0.25) is 14.5 Å². The topological polar surface area (TPSA) is 55.8 Å². The van der Waals surface area contributed by atoms with E-state index in [4.69, 9.17) is 9.47 Å². The third kappa shape index (κ3) is 1.42. The average Bonchev–Trinajstić information content (AvgIpc) is 3.08. The second-order valence-corrected chi connectivity index (χ2v) is 6.30. The van der Waals surface area contributed by atoms with E-state index in [0.717, 1.165) is 5.56 Å². The van der Waals surface area contributed by atoms with Gasteiger partial charge in [-0.1, -0.05) is 12.1 Å². The Hall–Kier alpha value is -2.82. The molecule has 0 aliphatic carbocycles. The third-order valence-electron chi connectivity index (χ3n) is 4.94. The number of Topliss-reactive ketones (excluding diaryl/α,β-unsaturated/α-hetero) is 1. The lowest BCUT2D eigenvalue weighted by Gasteiger charge is -2.39. The summed E-state index contributed by atoms with van der Waals surface area (Å²) in [4.78, 5) is 27.6. The molecule has 0 spiro atoms. The zero-order valence-electron chi connectivity index (χ0n) is 12.5. The SMILES string of the molecule is CC12Cc3cc4c(cc3C(=O)N1c1ccccc1C2=O)OCO4. The molecule has 1 amide bonds. The number of para-hydroxylation sites is 1. The van der Waals surface area contributed by atoms with E-state index in [9.17, 15) is 9.59 Å². The number of hydrogen-bond donors (Lipinski definition) is 0. The minimum atomic E-state index is -0.874. The molecule has 5 heteroatoms. The minimum Gasteiger partial charge on any atom is -0.454 e. The molecule has 3 aliphatic heterocycles. The number of hydrogen-bond acceptors (Lipinski definition) is 4. The van der Waals surface area contributed by atoms with Gasteiger partial charge in [-0.2, -0.15) is 0 Å². The van der Waals surface area contributed by atoms with Crippen LogP contribution in [0.5, 0.6) is 11.5 Å². The van der Waals surface area contributed by atoms with Gasteiger partial charge in [-0.25, -0.2) is 0 Å². The Morgan fingerprint density at radius 3 is 2.61 bits per heavy atom. The number of ether oxygens (including phenoxy) is 2. The highest BCUT2D eigenvalue weighted by Gasteiger charge is 2.53. The van der Waals surface area contributed by atoms with E-state index < -0.39 is 5.54 Å². The Morgan fingerprint density at radius 2 is 1.78 bits per heavy atom. The van der Waals surface area contributed by atoms with Gasteiger partial charge < -0.3 is 9.47 Å². The molecule has 3 heterocycles. The van der Waals surface area contributed by atoms with E-state index in [1.165, 1.54) is 0 Å². The molecule has 0 saturated heterocycles. The molecule has 0 N–H and O–H groups in total. The highest BCUT2D eigenvalue weighted by Crippen LogP contribution is 2.47. The van der Waals surface area contributed by atoms with Gasteiger partial charge >= 0.3 is 0 Å². The Kier molecular flexibility index (Phi) is 2.17. The van der Waals surface area contributed by atoms with Crippen molar-refractivity contribution in [2.24, 2.45) is 0 Å². The zero-order valence-corrected chi connectivity index (χ0v) is 12.5. The standard InChI is InChI=1S/C18H13NO4/c1-18-8-10-6-14-15(23-9-22-14)7-12(10)17(21)19(18)13-5-3-2-4-11(13)16(18)20/h2-7H,8-9H2,1H3. The monoisotopic (exact) mass is 307 g/mol. The summed E-state index contributed by atoms with van der Waals surface area (Å²) >= 11 is 0. The molecule has 5 nitrogen and oxygen atoms in total. The fraction of sp³-hybridized carbons (Fsp3) is 0.222. The summed E-state index contributed by atoms with van der Waals surface area (Å²) in [6.45, 7) is 2.00. The summed E-state index contributed by atoms with van der Waals surface area (Å²) in [5, 5.41) is 0. The lowest BCUT2D eigenvalue weighted by Crippen LogP contribution is -2.55. The zero-order chi connectivity index (χ0) is 15.8. The Balaban J connectivity index is 1.74. The fourth-order valence-electron chi connectivity index (χ4n) is 3.83. The van der Waals surface area contributed by atoms with Crippen molar-refractivity contribution in [2.45, 2.75) is 18.9 Å². The minimum absolute atomic E-state index is 0.00948. The van der Waals surface area contributed by atoms with Crippen molar-refractivity contribution in [3.05, 3.63) is 53.1 Å². The maximum Gasteiger partial charge on any atom is 0.259 e. The summed E-state index contributed by atoms with van der Waals surface area (Å²) in [6.07, 6.45) is 0.470. The molecule has 5 rings (SSSR count). The van der Waals surface area contributed by atoms with Crippen LogP contribution in [0.25, 0.3) is 0 Å². The number of fused-ring (bicyclic) bond motifs is 5. The van der Waals surface area contributed by atoms with Crippen molar-refractivity contribution in [3.8, 4) is 11.5 Å². The lowest BCUT2D eigenvalue weighted by atomic mass is 9.82. The van der Waals surface area contributed by atoms with Gasteiger partial charge in [-0.05, 0) is 36.8 Å². The molecule has 1 unspecified atom stereocenters. The number of amides is 1. The number of benzene rings is 2. The first-order valence-corrected chi connectivity index (χ1v) is 7.50. The molecule has 1 atom stereocenters. The van der Waals surface area contributed by atoms with Crippen molar-refractivity contribution in [1.82, 2.24) is 0 Å². The number of anilines is 1. The normalized spacial score (nSPS) is 23.6. The van der Waals surface area contributed by atoms with E-state index in [-0.39, 0.29) is 18.5 Å². The highest BCUT2D eigenvalue weighted by atomic mass is 16.7. The largest absolute Gasteiger partial charge is 0.454 e. The first-order valence-electron chi connectivity index (χ1n) is 7.50. The summed E-state index contributed by atoms with van der Waals surface area (Å²) < 4.78 is 10.8. The summed E-state index contributed by atoms with van der Waals surface area (Å²) in [5.41, 5.74) is 1.83. The van der Waals surface area contributed by atoms with Crippen LogP contribution in [0, 0.1) is 0 Å². The van der Waals surface area contributed by atoms with Crippen LogP contribution in [-0.2, 0) is 6.42 Å². The van der Waals surface area contributed by atoms with Crippen LogP contribution in [0.4, 0.5) is 5.69 Å². The summed E-state index contributed by atoms with van der Waals surface area (Å²) in [6, 6.07) is 10.8. The van der Waals surface area contributed by atoms with Gasteiger partial charge in [0.2, 0.25) is 6.79 Å². The maximum absolute atomic E-state index is 13.1. The number of nitrogens with zero attached hydrogens (tertiary/aromatic N) is 1. The molecule has 0 bridgehead atoms. The van der Waals surface area contributed by atoms with E-state index in [1.54, 1.807) is 17.0 Å². The van der Waals surface area contributed by atoms with Gasteiger partial charge in [-0.15, -0.1) is 0 Å². The van der Waals surface area contributed by atoms with Gasteiger partial charge in [0, 0.05) is 17.5 Å². The van der Waals surface area contributed by atoms with E-state index in [0.29, 0.717) is 34.7 Å². The van der Waals surface area contributed by atoms with E-state index in [1.807, 2.05) is 31.2 Å². The maximum atomic E-state index is 13.1. The second kappa shape index (κ2) is 3.93. The molecule has 0 fully saturated rings. The van der Waals surface area contributed by atoms with E-state index >= 15 is 0 Å². The molecule has 0 saturated carbocycles. The van der Waals surface area contributed by atoms with Gasteiger partial charge in [0.1, 0.15) is 5.54 Å². The smallest absolute Gasteiger partial charge is 0.259 e. The highest BCUT2D eigenvalue weighted by molar-refractivity contribution is 6.25. The molecule has 2 aromatic carbocycles. The molecule has 114 valence electrons. The fourth-order valence-corrected chi connectivity index (χ4v) is 3.83. The Morgan fingerprint density at radius 1 is 1.04 bits per heavy atom. The van der Waals surface area contributed by atoms with Gasteiger partial charge in [0.05, 0.1) is 5.69 Å². The predicted octanol–water partition coefficient (Wildman–Crippen LogP) is 2.57. The second-order valence-electron chi connectivity index (χ2n) is 6.30. The quantitative estimate of drug-likeness (QED) is 0.750. The van der Waals surface area contributed by atoms with Crippen molar-refractivity contribution >= 4 is 17.4 Å². The first-order chi connectivity index (χ1) is 11.1. The number of ketones is 1. The molecule has 0 aromatic heterocycles. The summed E-state index contributed by atoms with van der Waals surface area (Å²) in [5.74, 6) is 1.05. The summed E-state index contributed by atoms with van der Waals surface area (Å²) in [7, 11) is 0. The van der Waals surface area contributed by atoms with Crippen LogP contribution in [-0.4, -0.2) is 24.0 Å². The van der Waals surface area contributed by atoms with Crippen molar-refractivity contribution in [3.63, 3.8) is 0 Å². The van der Waals surface area contributed by atoms with Gasteiger partial charge in [0.25, 0.3) is 5.91 Å². The Bertz CT molecular complexity index is 904. The van der Waals surface area contributed by atoms with Crippen LogP contribution in [0.2, 0.25) is 0 Å². The molecular weight excluding hydrogens is 294 g/mol. The molecule has 0 radical (unpaired) electrons. The van der Waals surface area contributed by atoms with Crippen LogP contribution in [0.3, 0.4) is 0 Å². The van der Waals surface area contributed by atoms with Crippen LogP contribution < -0.4 is 14.4 Å². The van der Waals surface area contributed by atoms with E-state index in [2.05, 4.69) is 0 Å². The van der Waals surface area contributed by atoms with Crippen LogP contribution in [0.15, 0.2) is 36.4 Å². The number of carbonyl (C=O) groups excluding carboxylic acids is 2. The van der Waals surface area contributed by atoms with Crippen molar-refractivity contribution < 1.29 is 19.1 Å². The van der Waals surface area contributed by atoms with Crippen LogP contribution in [0.1, 0.15) is 33.2 Å². The number of rotatable bonds is 0. The molecule has 2 aromatic rings. The van der Waals surface area contributed by atoms with Crippen molar-refractivity contribution in [1.29, 1.82) is 0 Å². The van der Waals surface area contributed by atoms with Crippen LogP contribution >= 0.6 is 0 Å². The van der Waals surface area contributed by atoms with Crippen molar-refractivity contribution in [2.75, 3.05) is 11.7 Å². The third-order valence-corrected chi connectivity index (χ3v) is 4.94. The first kappa shape index (κ1) is 12.7. The number of carbonyl (C=O) groups is 2. The predicted molar refractivity (Wildman–Crippen MR) is 82.3 cm³/mol. The molecular formula is C18H13NO4. The average molecular weight is 307 g/mol. The Labute approximate surface area is 132 Å². The van der Waals surface area contributed by atoms with Gasteiger partial charge in [0.15, 0.2) is 17.3 Å². The molecule has 23 heavy (non-hydrogen) atoms. The lowest BCUT2D eigenvalue weighted by molar-refractivity contribution is 0.0842. The molecule has 3 aliphatic rings.